The SMILES string of the molecule is Cc1cccc(C)c1N1Cc2cnc(Cl)nc2N(CCCO)C1=O. The Kier molecular flexibility index (Phi) is 4.69. The van der Waals surface area contributed by atoms with E-state index >= 15 is 0 Å². The van der Waals surface area contributed by atoms with Crippen LogP contribution < -0.4 is 9.80 Å². The molecule has 0 aliphatic carbocycles. The lowest BCUT2D eigenvalue weighted by Crippen LogP contribution is -2.49. The number of hydrogen-bond donors (Lipinski definition) is 1. The van der Waals surface area contributed by atoms with Crippen molar-refractivity contribution in [2.24, 2.45) is 0 Å². The summed E-state index contributed by atoms with van der Waals surface area (Å²) in [5, 5.41) is 9.25. The van der Waals surface area contributed by atoms with Gasteiger partial charge in [0.05, 0.1) is 12.2 Å². The van der Waals surface area contributed by atoms with E-state index in [1.165, 1.54) is 0 Å². The second kappa shape index (κ2) is 6.75. The van der Waals surface area contributed by atoms with E-state index in [4.69, 9.17) is 16.7 Å². The van der Waals surface area contributed by atoms with Crippen LogP contribution in [-0.2, 0) is 6.54 Å². The highest BCUT2D eigenvalue weighted by atomic mass is 35.5. The number of rotatable bonds is 4. The fraction of sp³-hybridized carbons (Fsp3) is 0.353. The van der Waals surface area contributed by atoms with Gasteiger partial charge in [-0.3, -0.25) is 9.80 Å². The van der Waals surface area contributed by atoms with Crippen molar-refractivity contribution in [1.29, 1.82) is 0 Å². The Bertz CT molecular complexity index is 761. The number of para-hydroxylation sites is 1. The van der Waals surface area contributed by atoms with Crippen molar-refractivity contribution in [1.82, 2.24) is 9.97 Å². The molecule has 0 saturated heterocycles. The summed E-state index contributed by atoms with van der Waals surface area (Å²) in [6.45, 7) is 4.74. The number of nitrogens with zero attached hydrogens (tertiary/aromatic N) is 4. The van der Waals surface area contributed by atoms with Crippen molar-refractivity contribution in [3.05, 3.63) is 46.4 Å². The van der Waals surface area contributed by atoms with Crippen molar-refractivity contribution in [3.8, 4) is 0 Å². The molecule has 0 fully saturated rings. The predicted molar refractivity (Wildman–Crippen MR) is 93.6 cm³/mol. The van der Waals surface area contributed by atoms with E-state index < -0.39 is 0 Å². The molecule has 126 valence electrons. The zero-order valence-corrected chi connectivity index (χ0v) is 14.4. The molecule has 6 nitrogen and oxygen atoms in total. The average Bonchev–Trinajstić information content (AvgIpc) is 2.55. The molecule has 0 unspecified atom stereocenters. The number of fused-ring (bicyclic) bond motifs is 1. The first-order chi connectivity index (χ1) is 11.5. The molecule has 2 heterocycles. The summed E-state index contributed by atoms with van der Waals surface area (Å²) >= 11 is 5.90. The first kappa shape index (κ1) is 16.7. The van der Waals surface area contributed by atoms with Gasteiger partial charge < -0.3 is 5.11 Å². The summed E-state index contributed by atoms with van der Waals surface area (Å²) in [5.74, 6) is 0.524. The number of hydrogen-bond acceptors (Lipinski definition) is 4. The summed E-state index contributed by atoms with van der Waals surface area (Å²) in [5.41, 5.74) is 3.80. The quantitative estimate of drug-likeness (QED) is 0.864. The van der Waals surface area contributed by atoms with E-state index in [1.807, 2.05) is 32.0 Å². The third-order valence-corrected chi connectivity index (χ3v) is 4.29. The van der Waals surface area contributed by atoms with Gasteiger partial charge in [-0.05, 0) is 43.0 Å². The van der Waals surface area contributed by atoms with E-state index in [9.17, 15) is 4.79 Å². The summed E-state index contributed by atoms with van der Waals surface area (Å²) in [4.78, 5) is 24.6. The van der Waals surface area contributed by atoms with Crippen molar-refractivity contribution in [2.75, 3.05) is 23.0 Å². The smallest absolute Gasteiger partial charge is 0.330 e. The normalized spacial score (nSPS) is 14.1. The number of carbonyl (C=O) groups excluding carboxylic acids is 1. The van der Waals surface area contributed by atoms with Crippen LogP contribution in [0.25, 0.3) is 0 Å². The van der Waals surface area contributed by atoms with Crippen LogP contribution in [0.1, 0.15) is 23.1 Å². The van der Waals surface area contributed by atoms with Gasteiger partial charge in [0.15, 0.2) is 0 Å². The van der Waals surface area contributed by atoms with Crippen molar-refractivity contribution >= 4 is 29.1 Å². The first-order valence-electron chi connectivity index (χ1n) is 7.80. The molecule has 0 radical (unpaired) electrons. The molecular weight excluding hydrogens is 328 g/mol. The Morgan fingerprint density at radius 3 is 2.67 bits per heavy atom. The lowest BCUT2D eigenvalue weighted by Gasteiger charge is -2.37. The second-order valence-corrected chi connectivity index (χ2v) is 6.16. The zero-order chi connectivity index (χ0) is 17.3. The molecule has 1 aromatic heterocycles. The number of urea groups is 1. The maximum absolute atomic E-state index is 13.1. The minimum Gasteiger partial charge on any atom is -0.396 e. The molecule has 2 aromatic rings. The van der Waals surface area contributed by atoms with Gasteiger partial charge in [0.2, 0.25) is 5.28 Å². The average molecular weight is 347 g/mol. The van der Waals surface area contributed by atoms with Gasteiger partial charge in [0, 0.05) is 24.9 Å². The molecule has 1 aliphatic rings. The van der Waals surface area contributed by atoms with Crippen LogP contribution >= 0.6 is 11.6 Å². The fourth-order valence-electron chi connectivity index (χ4n) is 3.03. The van der Waals surface area contributed by atoms with Crippen LogP contribution in [0.4, 0.5) is 16.3 Å². The van der Waals surface area contributed by atoms with E-state index in [0.717, 1.165) is 22.4 Å². The molecule has 1 aliphatic heterocycles. The summed E-state index contributed by atoms with van der Waals surface area (Å²) < 4.78 is 0. The minimum atomic E-state index is -0.164. The summed E-state index contributed by atoms with van der Waals surface area (Å²) in [6.07, 6.45) is 2.12. The van der Waals surface area contributed by atoms with Crippen LogP contribution in [0.15, 0.2) is 24.4 Å². The zero-order valence-electron chi connectivity index (χ0n) is 13.7. The van der Waals surface area contributed by atoms with Crippen LogP contribution in [-0.4, -0.2) is 34.3 Å². The van der Waals surface area contributed by atoms with Gasteiger partial charge in [-0.15, -0.1) is 0 Å². The largest absolute Gasteiger partial charge is 0.396 e. The lowest BCUT2D eigenvalue weighted by atomic mass is 10.1. The number of aromatic nitrogens is 2. The number of aliphatic hydroxyl groups excluding tert-OH is 1. The monoisotopic (exact) mass is 346 g/mol. The second-order valence-electron chi connectivity index (χ2n) is 5.83. The summed E-state index contributed by atoms with van der Waals surface area (Å²) in [6, 6.07) is 5.79. The molecule has 0 atom stereocenters. The van der Waals surface area contributed by atoms with E-state index in [1.54, 1.807) is 16.0 Å². The first-order valence-corrected chi connectivity index (χ1v) is 8.18. The third-order valence-electron chi connectivity index (χ3n) is 4.11. The highest BCUT2D eigenvalue weighted by Gasteiger charge is 2.33. The molecular formula is C17H19ClN4O2. The van der Waals surface area contributed by atoms with Crippen molar-refractivity contribution in [2.45, 2.75) is 26.8 Å². The van der Waals surface area contributed by atoms with E-state index in [0.29, 0.717) is 25.3 Å². The van der Waals surface area contributed by atoms with E-state index in [2.05, 4.69) is 9.97 Å². The van der Waals surface area contributed by atoms with Crippen molar-refractivity contribution in [3.63, 3.8) is 0 Å². The van der Waals surface area contributed by atoms with Crippen molar-refractivity contribution < 1.29 is 9.90 Å². The van der Waals surface area contributed by atoms with Gasteiger partial charge in [-0.1, -0.05) is 18.2 Å². The molecule has 0 saturated carbocycles. The molecule has 0 spiro atoms. The molecule has 24 heavy (non-hydrogen) atoms. The molecule has 2 amide bonds. The highest BCUT2D eigenvalue weighted by molar-refractivity contribution is 6.28. The van der Waals surface area contributed by atoms with Crippen LogP contribution in [0, 0.1) is 13.8 Å². The van der Waals surface area contributed by atoms with Crippen LogP contribution in [0.5, 0.6) is 0 Å². The number of carbonyl (C=O) groups is 1. The number of aryl methyl sites for hydroxylation is 2. The Balaban J connectivity index is 2.08. The van der Waals surface area contributed by atoms with Crippen LogP contribution in [0.3, 0.4) is 0 Å². The Hall–Kier alpha value is -2.18. The predicted octanol–water partition coefficient (Wildman–Crippen LogP) is 3.08. The third kappa shape index (κ3) is 2.95. The van der Waals surface area contributed by atoms with E-state index in [-0.39, 0.29) is 17.9 Å². The Labute approximate surface area is 145 Å². The number of aliphatic hydroxyl groups is 1. The summed E-state index contributed by atoms with van der Waals surface area (Å²) in [7, 11) is 0. The fourth-order valence-corrected chi connectivity index (χ4v) is 3.16. The lowest BCUT2D eigenvalue weighted by molar-refractivity contribution is 0.247. The van der Waals surface area contributed by atoms with Gasteiger partial charge in [-0.2, -0.15) is 4.98 Å². The van der Waals surface area contributed by atoms with Gasteiger partial charge in [0.25, 0.3) is 0 Å². The number of anilines is 2. The maximum atomic E-state index is 13.1. The van der Waals surface area contributed by atoms with Gasteiger partial charge in [-0.25, -0.2) is 9.78 Å². The van der Waals surface area contributed by atoms with Gasteiger partial charge in [0.1, 0.15) is 5.82 Å². The molecule has 3 rings (SSSR count). The molecule has 1 aromatic carbocycles. The number of amides is 2. The minimum absolute atomic E-state index is 0.00131. The molecule has 7 heteroatoms. The Morgan fingerprint density at radius 1 is 1.29 bits per heavy atom. The van der Waals surface area contributed by atoms with Gasteiger partial charge >= 0.3 is 6.03 Å². The molecule has 0 bridgehead atoms. The maximum Gasteiger partial charge on any atom is 0.330 e. The molecule has 1 N–H and O–H groups in total. The Morgan fingerprint density at radius 2 is 2.00 bits per heavy atom. The number of halogens is 1. The highest BCUT2D eigenvalue weighted by Crippen LogP contribution is 2.34. The van der Waals surface area contributed by atoms with Crippen LogP contribution in [0.2, 0.25) is 5.28 Å². The standard InChI is InChI=1S/C17H19ClN4O2/c1-11-5-3-6-12(2)14(11)22-10-13-9-19-16(18)20-15(13)21(17(22)24)7-4-8-23/h3,5-6,9,23H,4,7-8,10H2,1-2H3. The number of benzene rings is 1. The topological polar surface area (TPSA) is 69.6 Å².